The SMILES string of the molecule is CCCCCCCC/C=C\CCCCCCCC(=O)OCCCCCCCCCCCCCCCCCCCCCCCCCCCCCCCCCCCCCCCCCC(=O)NC(CO)C(O)CCCCCCCCCCCCCCCCC. The number of hydrogen-bond acceptors (Lipinski definition) is 5. The number of nitrogens with one attached hydrogen (secondary N) is 1. The van der Waals surface area contributed by atoms with E-state index in [4.69, 9.17) is 4.74 Å². The molecule has 3 N–H and O–H groups in total. The van der Waals surface area contributed by atoms with Crippen molar-refractivity contribution < 1.29 is 24.5 Å². The van der Waals surface area contributed by atoms with Gasteiger partial charge in [0.05, 0.1) is 25.4 Å². The first-order valence-corrected chi connectivity index (χ1v) is 39.9. The maximum absolute atomic E-state index is 12.5. The Morgan fingerprint density at radius 1 is 0.314 bits per heavy atom. The Kier molecular flexibility index (Phi) is 74.8. The van der Waals surface area contributed by atoms with Gasteiger partial charge in [-0.2, -0.15) is 0 Å². The van der Waals surface area contributed by atoms with Crippen LogP contribution in [-0.2, 0) is 14.3 Å². The molecule has 0 radical (unpaired) electrons. The second kappa shape index (κ2) is 76.1. The van der Waals surface area contributed by atoms with E-state index in [0.717, 1.165) is 44.9 Å². The van der Waals surface area contributed by atoms with Crippen molar-refractivity contribution in [1.29, 1.82) is 0 Å². The number of aliphatic hydroxyl groups is 2. The zero-order valence-electron chi connectivity index (χ0n) is 58.8. The van der Waals surface area contributed by atoms with Crippen molar-refractivity contribution in [3.05, 3.63) is 12.2 Å². The first kappa shape index (κ1) is 84.6. The number of carbonyl (C=O) groups excluding carboxylic acids is 2. The molecule has 512 valence electrons. The van der Waals surface area contributed by atoms with Gasteiger partial charge in [-0.25, -0.2) is 0 Å². The molecule has 0 aliphatic rings. The Labute approximate surface area is 539 Å². The second-order valence-corrected chi connectivity index (χ2v) is 27.8. The van der Waals surface area contributed by atoms with Gasteiger partial charge in [-0.05, 0) is 51.4 Å². The summed E-state index contributed by atoms with van der Waals surface area (Å²) >= 11 is 0. The normalized spacial score (nSPS) is 12.5. The average Bonchev–Trinajstić information content (AvgIpc) is 3.54. The highest BCUT2D eigenvalue weighted by molar-refractivity contribution is 5.76. The van der Waals surface area contributed by atoms with Crippen molar-refractivity contribution in [2.45, 2.75) is 475 Å². The molecule has 86 heavy (non-hydrogen) atoms. The third kappa shape index (κ3) is 71.7. The number of allylic oxidation sites excluding steroid dienone is 2. The number of amides is 1. The van der Waals surface area contributed by atoms with Crippen LogP contribution in [0.5, 0.6) is 0 Å². The largest absolute Gasteiger partial charge is 0.466 e. The summed E-state index contributed by atoms with van der Waals surface area (Å²) in [4.78, 5) is 24.6. The molecule has 6 heteroatoms. The number of ether oxygens (including phenoxy) is 1. The van der Waals surface area contributed by atoms with Gasteiger partial charge < -0.3 is 20.3 Å². The van der Waals surface area contributed by atoms with Crippen LogP contribution in [0.15, 0.2) is 12.2 Å². The van der Waals surface area contributed by atoms with Crippen LogP contribution in [0.2, 0.25) is 0 Å². The van der Waals surface area contributed by atoms with Crippen LogP contribution in [0.25, 0.3) is 0 Å². The molecule has 0 aromatic rings. The summed E-state index contributed by atoms with van der Waals surface area (Å²) in [5.41, 5.74) is 0. The molecule has 0 spiro atoms. The molecular formula is C80H157NO5. The second-order valence-electron chi connectivity index (χ2n) is 27.8. The number of rotatable bonds is 76. The van der Waals surface area contributed by atoms with Gasteiger partial charge in [0.25, 0.3) is 0 Å². The fourth-order valence-electron chi connectivity index (χ4n) is 13.0. The quantitative estimate of drug-likeness (QED) is 0.0320. The standard InChI is InChI=1S/C80H157NO5/c1-3-5-7-9-11-13-15-17-44-48-52-56-60-64-68-72-78(83)77(76-82)81-79(84)73-69-65-61-57-53-49-46-42-40-38-36-34-32-30-28-26-24-22-20-19-21-23-25-27-29-31-33-35-37-39-41-43-47-51-55-59-63-67-71-75-86-80(85)74-70-66-62-58-54-50-45-18-16-14-12-10-8-6-4-2/h18,45,77-78,82-83H,3-17,19-44,46-76H2,1-2H3,(H,81,84)/b45-18-. The molecular weight excluding hydrogens is 1050 g/mol. The van der Waals surface area contributed by atoms with Gasteiger partial charge >= 0.3 is 5.97 Å². The van der Waals surface area contributed by atoms with Gasteiger partial charge in [-0.1, -0.05) is 411 Å². The van der Waals surface area contributed by atoms with Crippen LogP contribution >= 0.6 is 0 Å². The highest BCUT2D eigenvalue weighted by Gasteiger charge is 2.20. The Bertz CT molecular complexity index is 1300. The predicted octanol–water partition coefficient (Wildman–Crippen LogP) is 26.3. The molecule has 2 unspecified atom stereocenters. The Balaban J connectivity index is 3.28. The Hall–Kier alpha value is -1.40. The predicted molar refractivity (Wildman–Crippen MR) is 380 cm³/mol. The van der Waals surface area contributed by atoms with E-state index >= 15 is 0 Å². The lowest BCUT2D eigenvalue weighted by Gasteiger charge is -2.22. The summed E-state index contributed by atoms with van der Waals surface area (Å²) in [6, 6.07) is -0.536. The maximum atomic E-state index is 12.5. The van der Waals surface area contributed by atoms with E-state index in [1.807, 2.05) is 0 Å². The third-order valence-electron chi connectivity index (χ3n) is 19.1. The molecule has 0 aliphatic heterocycles. The van der Waals surface area contributed by atoms with Crippen LogP contribution < -0.4 is 5.32 Å². The molecule has 0 aromatic carbocycles. The molecule has 0 aromatic heterocycles. The van der Waals surface area contributed by atoms with Crippen molar-refractivity contribution in [2.24, 2.45) is 0 Å². The summed E-state index contributed by atoms with van der Waals surface area (Å²) in [5, 5.41) is 23.4. The zero-order valence-corrected chi connectivity index (χ0v) is 58.8. The first-order chi connectivity index (χ1) is 42.5. The van der Waals surface area contributed by atoms with E-state index in [1.165, 1.54) is 385 Å². The van der Waals surface area contributed by atoms with Crippen LogP contribution in [0, 0.1) is 0 Å². The maximum Gasteiger partial charge on any atom is 0.305 e. The summed E-state index contributed by atoms with van der Waals surface area (Å²) in [6.45, 7) is 4.99. The zero-order chi connectivity index (χ0) is 62.0. The smallest absolute Gasteiger partial charge is 0.305 e. The van der Waals surface area contributed by atoms with E-state index in [0.29, 0.717) is 25.9 Å². The van der Waals surface area contributed by atoms with Crippen molar-refractivity contribution in [3.8, 4) is 0 Å². The van der Waals surface area contributed by atoms with Gasteiger partial charge in [-0.15, -0.1) is 0 Å². The Morgan fingerprint density at radius 3 is 0.826 bits per heavy atom. The molecule has 6 nitrogen and oxygen atoms in total. The lowest BCUT2D eigenvalue weighted by molar-refractivity contribution is -0.143. The summed E-state index contributed by atoms with van der Waals surface area (Å²) in [5.74, 6) is -0.00776. The fraction of sp³-hybridized carbons (Fsp3) is 0.950. The van der Waals surface area contributed by atoms with E-state index in [2.05, 4.69) is 31.3 Å². The molecule has 0 saturated heterocycles. The third-order valence-corrected chi connectivity index (χ3v) is 19.1. The van der Waals surface area contributed by atoms with E-state index in [9.17, 15) is 19.8 Å². The number of aliphatic hydroxyl groups excluding tert-OH is 2. The monoisotopic (exact) mass is 1210 g/mol. The highest BCUT2D eigenvalue weighted by atomic mass is 16.5. The van der Waals surface area contributed by atoms with Gasteiger partial charge in [0.2, 0.25) is 5.91 Å². The minimum absolute atomic E-state index is 0.0171. The van der Waals surface area contributed by atoms with Crippen molar-refractivity contribution in [2.75, 3.05) is 13.2 Å². The molecule has 0 rings (SSSR count). The fourth-order valence-corrected chi connectivity index (χ4v) is 13.0. The number of esters is 1. The number of hydrogen-bond donors (Lipinski definition) is 3. The van der Waals surface area contributed by atoms with Crippen molar-refractivity contribution in [1.82, 2.24) is 5.32 Å². The van der Waals surface area contributed by atoms with Gasteiger partial charge in [0.1, 0.15) is 0 Å². The average molecular weight is 1210 g/mol. The molecule has 0 heterocycles. The summed E-state index contributed by atoms with van der Waals surface area (Å²) in [7, 11) is 0. The number of carbonyl (C=O) groups is 2. The molecule has 2 atom stereocenters. The van der Waals surface area contributed by atoms with Crippen LogP contribution in [-0.4, -0.2) is 47.4 Å². The minimum atomic E-state index is -0.659. The van der Waals surface area contributed by atoms with E-state index < -0.39 is 12.1 Å². The van der Waals surface area contributed by atoms with E-state index in [1.54, 1.807) is 0 Å². The van der Waals surface area contributed by atoms with E-state index in [-0.39, 0.29) is 18.5 Å². The number of unbranched alkanes of at least 4 members (excludes halogenated alkanes) is 63. The lowest BCUT2D eigenvalue weighted by atomic mass is 10.0. The van der Waals surface area contributed by atoms with Crippen LogP contribution in [0.4, 0.5) is 0 Å². The summed E-state index contributed by atoms with van der Waals surface area (Å²) in [6.07, 6.45) is 96.1. The Morgan fingerprint density at radius 2 is 0.547 bits per heavy atom. The van der Waals surface area contributed by atoms with Gasteiger partial charge in [0.15, 0.2) is 0 Å². The van der Waals surface area contributed by atoms with Gasteiger partial charge in [-0.3, -0.25) is 9.59 Å². The highest BCUT2D eigenvalue weighted by Crippen LogP contribution is 2.20. The van der Waals surface area contributed by atoms with Crippen molar-refractivity contribution >= 4 is 11.9 Å². The van der Waals surface area contributed by atoms with Gasteiger partial charge in [0, 0.05) is 12.8 Å². The first-order valence-electron chi connectivity index (χ1n) is 39.9. The van der Waals surface area contributed by atoms with Crippen molar-refractivity contribution in [3.63, 3.8) is 0 Å². The molecule has 0 fully saturated rings. The van der Waals surface area contributed by atoms with Crippen LogP contribution in [0.1, 0.15) is 463 Å². The lowest BCUT2D eigenvalue weighted by Crippen LogP contribution is -2.45. The summed E-state index contributed by atoms with van der Waals surface area (Å²) < 4.78 is 5.50. The minimum Gasteiger partial charge on any atom is -0.466 e. The molecule has 0 aliphatic carbocycles. The molecule has 0 bridgehead atoms. The topological polar surface area (TPSA) is 95.9 Å². The molecule has 0 saturated carbocycles. The van der Waals surface area contributed by atoms with Crippen LogP contribution in [0.3, 0.4) is 0 Å². The molecule has 1 amide bonds.